The summed E-state index contributed by atoms with van der Waals surface area (Å²) < 4.78 is 4.01. The molecular weight excluding hydrogens is 366 g/mol. The third-order valence-corrected chi connectivity index (χ3v) is 5.61. The number of aryl methyl sites for hydroxylation is 1. The van der Waals surface area contributed by atoms with Gasteiger partial charge in [0.25, 0.3) is 5.56 Å². The number of carbonyl (C=O) groups is 1. The highest BCUT2D eigenvalue weighted by Gasteiger charge is 2.18. The monoisotopic (exact) mass is 379 g/mol. The molecule has 2 N–H and O–H groups in total. The summed E-state index contributed by atoms with van der Waals surface area (Å²) in [6.45, 7) is 0.343. The smallest absolute Gasteiger partial charge is 0.291 e. The van der Waals surface area contributed by atoms with E-state index in [1.807, 2.05) is 18.2 Å². The second-order valence-electron chi connectivity index (χ2n) is 6.11. The molecule has 0 spiro atoms. The summed E-state index contributed by atoms with van der Waals surface area (Å²) in [6, 6.07) is 5.81. The van der Waals surface area contributed by atoms with E-state index in [-0.39, 0.29) is 5.56 Å². The van der Waals surface area contributed by atoms with Gasteiger partial charge in [0.2, 0.25) is 6.41 Å². The van der Waals surface area contributed by atoms with Crippen LogP contribution >= 0.6 is 11.3 Å². The summed E-state index contributed by atoms with van der Waals surface area (Å²) in [5.74, 6) is 0. The summed E-state index contributed by atoms with van der Waals surface area (Å²) in [5, 5.41) is 16.1. The molecule has 0 radical (unpaired) electrons. The van der Waals surface area contributed by atoms with Gasteiger partial charge in [-0.25, -0.2) is 9.67 Å². The molecule has 0 aliphatic rings. The van der Waals surface area contributed by atoms with Crippen molar-refractivity contribution >= 4 is 55.0 Å². The van der Waals surface area contributed by atoms with Gasteiger partial charge in [-0.2, -0.15) is 10.2 Å². The molecule has 9 nitrogen and oxygen atoms in total. The van der Waals surface area contributed by atoms with Crippen molar-refractivity contribution in [2.45, 2.75) is 6.54 Å². The standard InChI is InChI=1S/C17H13N7O2S/c1-23-13-11(14-15(23)21-17(27-14)18-8-25)6-20-24(16(13)26)7-9-3-2-4-12-10(9)5-19-22-12/h2-6,8H,7H2,1H3,(H,19,22)(H,18,21,25). The van der Waals surface area contributed by atoms with Gasteiger partial charge < -0.3 is 9.88 Å². The second kappa shape index (κ2) is 5.74. The first kappa shape index (κ1) is 15.7. The fraction of sp³-hybridized carbons (Fsp3) is 0.118. The van der Waals surface area contributed by atoms with Gasteiger partial charge >= 0.3 is 0 Å². The number of aromatic nitrogens is 6. The van der Waals surface area contributed by atoms with Crippen LogP contribution in [0.3, 0.4) is 0 Å². The van der Waals surface area contributed by atoms with Crippen molar-refractivity contribution in [2.75, 3.05) is 5.32 Å². The molecule has 5 aromatic rings. The summed E-state index contributed by atoms with van der Waals surface area (Å²) >= 11 is 1.32. The first-order valence-electron chi connectivity index (χ1n) is 8.13. The lowest BCUT2D eigenvalue weighted by molar-refractivity contribution is -0.105. The molecule has 4 aromatic heterocycles. The maximum Gasteiger partial charge on any atom is 0.291 e. The van der Waals surface area contributed by atoms with Gasteiger partial charge in [-0.3, -0.25) is 14.7 Å². The minimum Gasteiger partial charge on any atom is -0.323 e. The maximum absolute atomic E-state index is 13.1. The zero-order valence-electron chi connectivity index (χ0n) is 14.1. The molecule has 1 aromatic carbocycles. The number of anilines is 1. The number of amides is 1. The predicted octanol–water partition coefficient (Wildman–Crippen LogP) is 1.84. The van der Waals surface area contributed by atoms with Crippen LogP contribution in [0.1, 0.15) is 5.56 Å². The van der Waals surface area contributed by atoms with Crippen LogP contribution in [-0.2, 0) is 18.4 Å². The van der Waals surface area contributed by atoms with Crippen LogP contribution in [0.15, 0.2) is 35.4 Å². The number of H-pyrrole nitrogens is 1. The topological polar surface area (TPSA) is 110 Å². The number of hydrogen-bond donors (Lipinski definition) is 2. The van der Waals surface area contributed by atoms with Gasteiger partial charge in [0.05, 0.1) is 29.2 Å². The van der Waals surface area contributed by atoms with Crippen LogP contribution < -0.4 is 10.9 Å². The van der Waals surface area contributed by atoms with E-state index in [2.05, 4.69) is 25.6 Å². The minimum atomic E-state index is -0.189. The first-order chi connectivity index (χ1) is 13.2. The van der Waals surface area contributed by atoms with E-state index < -0.39 is 0 Å². The Kier molecular flexibility index (Phi) is 3.34. The van der Waals surface area contributed by atoms with Gasteiger partial charge in [-0.05, 0) is 11.6 Å². The van der Waals surface area contributed by atoms with E-state index in [0.717, 1.165) is 26.6 Å². The number of benzene rings is 1. The van der Waals surface area contributed by atoms with Crippen molar-refractivity contribution in [2.24, 2.45) is 7.05 Å². The Morgan fingerprint density at radius 1 is 1.30 bits per heavy atom. The fourth-order valence-corrected chi connectivity index (χ4v) is 4.31. The zero-order valence-corrected chi connectivity index (χ0v) is 14.9. The normalized spacial score (nSPS) is 11.6. The van der Waals surface area contributed by atoms with Crippen LogP contribution in [0.4, 0.5) is 5.13 Å². The van der Waals surface area contributed by atoms with E-state index >= 15 is 0 Å². The highest BCUT2D eigenvalue weighted by atomic mass is 32.1. The first-order valence-corrected chi connectivity index (χ1v) is 8.95. The molecule has 4 heterocycles. The lowest BCUT2D eigenvalue weighted by Gasteiger charge is -2.06. The SMILES string of the molecule is Cn1c2nc(NC=O)sc2c2cnn(Cc3cccc4[nH]ncc34)c(=O)c21. The van der Waals surface area contributed by atoms with Crippen molar-refractivity contribution in [3.8, 4) is 0 Å². The molecule has 0 aliphatic heterocycles. The quantitative estimate of drug-likeness (QED) is 0.463. The average Bonchev–Trinajstić information content (AvgIpc) is 3.35. The number of aromatic amines is 1. The number of thiazole rings is 1. The van der Waals surface area contributed by atoms with E-state index in [1.165, 1.54) is 16.0 Å². The van der Waals surface area contributed by atoms with Crippen molar-refractivity contribution in [1.82, 2.24) is 29.5 Å². The molecule has 0 saturated carbocycles. The van der Waals surface area contributed by atoms with Crippen molar-refractivity contribution in [3.63, 3.8) is 0 Å². The van der Waals surface area contributed by atoms with Gasteiger partial charge in [-0.1, -0.05) is 23.5 Å². The number of rotatable bonds is 4. The van der Waals surface area contributed by atoms with Crippen LogP contribution in [0.25, 0.3) is 32.2 Å². The predicted molar refractivity (Wildman–Crippen MR) is 103 cm³/mol. The summed E-state index contributed by atoms with van der Waals surface area (Å²) in [7, 11) is 1.79. The Labute approximate surface area is 155 Å². The second-order valence-corrected chi connectivity index (χ2v) is 7.11. The minimum absolute atomic E-state index is 0.189. The van der Waals surface area contributed by atoms with E-state index in [0.29, 0.717) is 29.3 Å². The average molecular weight is 379 g/mol. The molecule has 27 heavy (non-hydrogen) atoms. The number of hydrogen-bond acceptors (Lipinski definition) is 6. The van der Waals surface area contributed by atoms with Crippen molar-refractivity contribution in [3.05, 3.63) is 46.5 Å². The molecule has 10 heteroatoms. The Balaban J connectivity index is 1.67. The third kappa shape index (κ3) is 2.27. The van der Waals surface area contributed by atoms with E-state index in [9.17, 15) is 9.59 Å². The molecule has 1 amide bonds. The molecule has 0 aliphatic carbocycles. The highest BCUT2D eigenvalue weighted by molar-refractivity contribution is 7.23. The Morgan fingerprint density at radius 2 is 2.19 bits per heavy atom. The molecule has 0 unspecified atom stereocenters. The summed E-state index contributed by atoms with van der Waals surface area (Å²) in [4.78, 5) is 28.1. The Morgan fingerprint density at radius 3 is 3.04 bits per heavy atom. The molecule has 5 rings (SSSR count). The van der Waals surface area contributed by atoms with Gasteiger partial charge in [-0.15, -0.1) is 0 Å². The van der Waals surface area contributed by atoms with Gasteiger partial charge in [0.15, 0.2) is 10.8 Å². The van der Waals surface area contributed by atoms with Crippen molar-refractivity contribution in [1.29, 1.82) is 0 Å². The van der Waals surface area contributed by atoms with Crippen LogP contribution in [0.5, 0.6) is 0 Å². The summed E-state index contributed by atoms with van der Waals surface area (Å²) in [6.07, 6.45) is 4.01. The third-order valence-electron chi connectivity index (χ3n) is 4.60. The van der Waals surface area contributed by atoms with Crippen LogP contribution in [-0.4, -0.2) is 35.9 Å². The molecule has 134 valence electrons. The molecule has 0 bridgehead atoms. The number of fused-ring (bicyclic) bond motifs is 4. The van der Waals surface area contributed by atoms with Gasteiger partial charge in [0, 0.05) is 17.8 Å². The lowest BCUT2D eigenvalue weighted by atomic mass is 10.1. The number of carbonyl (C=O) groups excluding carboxylic acids is 1. The highest BCUT2D eigenvalue weighted by Crippen LogP contribution is 2.32. The molecule has 0 saturated heterocycles. The van der Waals surface area contributed by atoms with E-state index in [1.54, 1.807) is 24.0 Å². The lowest BCUT2D eigenvalue weighted by Crippen LogP contribution is -2.24. The largest absolute Gasteiger partial charge is 0.323 e. The molecular formula is C17H13N7O2S. The molecule has 0 fully saturated rings. The van der Waals surface area contributed by atoms with Crippen molar-refractivity contribution < 1.29 is 4.79 Å². The number of nitrogens with one attached hydrogen (secondary N) is 2. The maximum atomic E-state index is 13.1. The van der Waals surface area contributed by atoms with Crippen LogP contribution in [0.2, 0.25) is 0 Å². The zero-order chi connectivity index (χ0) is 18.5. The fourth-order valence-electron chi connectivity index (χ4n) is 3.34. The number of nitrogens with zero attached hydrogens (tertiary/aromatic N) is 5. The Bertz CT molecular complexity index is 1390. The van der Waals surface area contributed by atoms with Crippen LogP contribution in [0, 0.1) is 0 Å². The molecule has 0 atom stereocenters. The van der Waals surface area contributed by atoms with Gasteiger partial charge in [0.1, 0.15) is 5.52 Å². The summed E-state index contributed by atoms with van der Waals surface area (Å²) in [5.41, 5.74) is 2.87. The van der Waals surface area contributed by atoms with E-state index in [4.69, 9.17) is 0 Å². The Hall–Kier alpha value is -3.53.